The molecule has 8 nitrogen and oxygen atoms in total. The molecule has 2 aromatic heterocycles. The predicted octanol–water partition coefficient (Wildman–Crippen LogP) is 3.85. The summed E-state index contributed by atoms with van der Waals surface area (Å²) in [5, 5.41) is 26.4. The third-order valence-corrected chi connectivity index (χ3v) is 6.17. The Balaban J connectivity index is 1.79. The molecule has 0 atom stereocenters. The minimum atomic E-state index is -0.802. The van der Waals surface area contributed by atoms with Crippen LogP contribution < -0.4 is 11.1 Å². The normalized spacial score (nSPS) is 11.3. The second-order valence-electron chi connectivity index (χ2n) is 8.43. The van der Waals surface area contributed by atoms with Crippen molar-refractivity contribution in [2.24, 2.45) is 0 Å². The van der Waals surface area contributed by atoms with Crippen molar-refractivity contribution < 1.29 is 10.2 Å². The average Bonchev–Trinajstić information content (AvgIpc) is 3.33. The van der Waals surface area contributed by atoms with Crippen molar-refractivity contribution in [1.29, 1.82) is 0 Å². The van der Waals surface area contributed by atoms with Crippen molar-refractivity contribution in [3.63, 3.8) is 0 Å². The van der Waals surface area contributed by atoms with E-state index in [4.69, 9.17) is 0 Å². The number of benzene rings is 3. The van der Waals surface area contributed by atoms with Gasteiger partial charge in [0.15, 0.2) is 11.5 Å². The van der Waals surface area contributed by atoms with Crippen molar-refractivity contribution in [1.82, 2.24) is 19.6 Å². The number of aromatic hydroxyl groups is 2. The van der Waals surface area contributed by atoms with Gasteiger partial charge in [0.25, 0.3) is 11.1 Å². The standard InChI is InChI=1S/C27H24N4O4/c1-16-23(26(34)30(28-16)19-9-5-3-6-10-19)25(18-13-14-21(32)22(33)15-18)24-17(2)29-31(27(24)35)20-11-7-4-8-12-20/h3-15,25,28-29,32-33H,1-2H3. The number of H-pyrrole nitrogens is 2. The number of para-hydroxylation sites is 2. The van der Waals surface area contributed by atoms with Crippen LogP contribution in [0.15, 0.2) is 88.5 Å². The Labute approximate surface area is 200 Å². The van der Waals surface area contributed by atoms with E-state index in [0.29, 0.717) is 39.5 Å². The molecule has 0 aliphatic heterocycles. The molecule has 5 aromatic rings. The highest BCUT2D eigenvalue weighted by molar-refractivity contribution is 5.51. The van der Waals surface area contributed by atoms with Crippen molar-refractivity contribution in [3.8, 4) is 22.9 Å². The molecule has 0 saturated carbocycles. The lowest BCUT2D eigenvalue weighted by Gasteiger charge is -2.16. The first-order chi connectivity index (χ1) is 16.9. The molecule has 35 heavy (non-hydrogen) atoms. The summed E-state index contributed by atoms with van der Waals surface area (Å²) in [5.74, 6) is -1.42. The topological polar surface area (TPSA) is 116 Å². The molecule has 0 saturated heterocycles. The number of nitrogens with zero attached hydrogens (tertiary/aromatic N) is 2. The lowest BCUT2D eigenvalue weighted by molar-refractivity contribution is 0.403. The van der Waals surface area contributed by atoms with Gasteiger partial charge >= 0.3 is 0 Å². The fraction of sp³-hybridized carbons (Fsp3) is 0.111. The molecule has 0 spiro atoms. The van der Waals surface area contributed by atoms with Crippen LogP contribution in [0.25, 0.3) is 11.4 Å². The number of hydrogen-bond acceptors (Lipinski definition) is 4. The Hall–Kier alpha value is -4.72. The van der Waals surface area contributed by atoms with E-state index in [-0.39, 0.29) is 22.6 Å². The first-order valence-electron chi connectivity index (χ1n) is 11.1. The number of aromatic nitrogens is 4. The number of rotatable bonds is 5. The number of phenolic OH excluding ortho intramolecular Hbond substituents is 2. The van der Waals surface area contributed by atoms with E-state index in [1.807, 2.05) is 60.7 Å². The first-order valence-corrected chi connectivity index (χ1v) is 11.1. The van der Waals surface area contributed by atoms with Crippen LogP contribution in [0.5, 0.6) is 11.5 Å². The fourth-order valence-corrected chi connectivity index (χ4v) is 4.51. The molecule has 2 heterocycles. The molecular formula is C27H24N4O4. The first kappa shape index (κ1) is 22.1. The van der Waals surface area contributed by atoms with Gasteiger partial charge in [0.1, 0.15) is 0 Å². The fourth-order valence-electron chi connectivity index (χ4n) is 4.51. The highest BCUT2D eigenvalue weighted by atomic mass is 16.3. The Morgan fingerprint density at radius 3 is 1.54 bits per heavy atom. The number of phenols is 2. The van der Waals surface area contributed by atoms with Crippen LogP contribution in [0.4, 0.5) is 0 Å². The molecular weight excluding hydrogens is 444 g/mol. The van der Waals surface area contributed by atoms with E-state index in [1.54, 1.807) is 19.9 Å². The molecule has 0 aliphatic carbocycles. The summed E-state index contributed by atoms with van der Waals surface area (Å²) in [6.07, 6.45) is 0. The van der Waals surface area contributed by atoms with E-state index in [0.717, 1.165) is 0 Å². The number of aromatic amines is 2. The molecule has 8 heteroatoms. The predicted molar refractivity (Wildman–Crippen MR) is 133 cm³/mol. The third kappa shape index (κ3) is 3.74. The van der Waals surface area contributed by atoms with Crippen LogP contribution in [0.1, 0.15) is 34.0 Å². The van der Waals surface area contributed by atoms with Gasteiger partial charge in [-0.05, 0) is 55.8 Å². The van der Waals surface area contributed by atoms with E-state index >= 15 is 0 Å². The number of aryl methyl sites for hydroxylation is 2. The van der Waals surface area contributed by atoms with E-state index in [1.165, 1.54) is 21.5 Å². The molecule has 0 radical (unpaired) electrons. The van der Waals surface area contributed by atoms with Crippen molar-refractivity contribution in [2.45, 2.75) is 19.8 Å². The zero-order chi connectivity index (χ0) is 24.7. The van der Waals surface area contributed by atoms with Gasteiger partial charge in [-0.15, -0.1) is 0 Å². The molecule has 4 N–H and O–H groups in total. The molecule has 0 fully saturated rings. The van der Waals surface area contributed by atoms with Gasteiger partial charge in [-0.3, -0.25) is 19.8 Å². The Morgan fingerprint density at radius 2 is 1.11 bits per heavy atom. The molecule has 5 rings (SSSR count). The molecule has 0 bridgehead atoms. The summed E-state index contributed by atoms with van der Waals surface area (Å²) in [6.45, 7) is 3.56. The summed E-state index contributed by atoms with van der Waals surface area (Å²) < 4.78 is 2.88. The van der Waals surface area contributed by atoms with Crippen LogP contribution >= 0.6 is 0 Å². The van der Waals surface area contributed by atoms with Gasteiger partial charge in [0.05, 0.1) is 22.5 Å². The van der Waals surface area contributed by atoms with Crippen LogP contribution in [0.3, 0.4) is 0 Å². The summed E-state index contributed by atoms with van der Waals surface area (Å²) in [6, 6.07) is 22.7. The van der Waals surface area contributed by atoms with Crippen molar-refractivity contribution in [3.05, 3.63) is 128 Å². The Morgan fingerprint density at radius 1 is 0.657 bits per heavy atom. The van der Waals surface area contributed by atoms with E-state index < -0.39 is 5.92 Å². The van der Waals surface area contributed by atoms with Gasteiger partial charge in [0, 0.05) is 17.3 Å². The Bertz CT molecular complexity index is 1530. The smallest absolute Gasteiger partial charge is 0.275 e. The van der Waals surface area contributed by atoms with Gasteiger partial charge in [-0.1, -0.05) is 42.5 Å². The van der Waals surface area contributed by atoms with Crippen LogP contribution in [0, 0.1) is 13.8 Å². The molecule has 0 unspecified atom stereocenters. The van der Waals surface area contributed by atoms with Gasteiger partial charge in [-0.2, -0.15) is 0 Å². The van der Waals surface area contributed by atoms with Gasteiger partial charge in [0.2, 0.25) is 0 Å². The maximum Gasteiger partial charge on any atom is 0.275 e. The summed E-state index contributed by atoms with van der Waals surface area (Å²) >= 11 is 0. The highest BCUT2D eigenvalue weighted by Crippen LogP contribution is 2.36. The van der Waals surface area contributed by atoms with Crippen molar-refractivity contribution in [2.75, 3.05) is 0 Å². The lowest BCUT2D eigenvalue weighted by atomic mass is 9.85. The van der Waals surface area contributed by atoms with Crippen LogP contribution in [-0.2, 0) is 0 Å². The van der Waals surface area contributed by atoms with Crippen LogP contribution in [-0.4, -0.2) is 29.8 Å². The zero-order valence-electron chi connectivity index (χ0n) is 19.2. The van der Waals surface area contributed by atoms with Crippen LogP contribution in [0.2, 0.25) is 0 Å². The maximum atomic E-state index is 13.7. The van der Waals surface area contributed by atoms with E-state index in [9.17, 15) is 19.8 Å². The lowest BCUT2D eigenvalue weighted by Crippen LogP contribution is -2.25. The minimum Gasteiger partial charge on any atom is -0.504 e. The maximum absolute atomic E-state index is 13.7. The van der Waals surface area contributed by atoms with E-state index in [2.05, 4.69) is 10.2 Å². The Kier molecular flexibility index (Phi) is 5.41. The number of hydrogen-bond donors (Lipinski definition) is 4. The third-order valence-electron chi connectivity index (χ3n) is 6.17. The molecule has 0 amide bonds. The minimum absolute atomic E-state index is 0.285. The second kappa shape index (κ2) is 8.57. The van der Waals surface area contributed by atoms with Crippen molar-refractivity contribution >= 4 is 0 Å². The van der Waals surface area contributed by atoms with Gasteiger partial charge in [-0.25, -0.2) is 9.36 Å². The highest BCUT2D eigenvalue weighted by Gasteiger charge is 2.31. The second-order valence-corrected chi connectivity index (χ2v) is 8.43. The summed E-state index contributed by atoms with van der Waals surface area (Å²) in [4.78, 5) is 27.5. The molecule has 0 aliphatic rings. The largest absolute Gasteiger partial charge is 0.504 e. The SMILES string of the molecule is Cc1[nH]n(-c2ccccc2)c(=O)c1C(c1ccc(O)c(O)c1)c1c(C)[nH]n(-c2ccccc2)c1=O. The molecule has 176 valence electrons. The quantitative estimate of drug-likeness (QED) is 0.293. The zero-order valence-corrected chi connectivity index (χ0v) is 19.2. The monoisotopic (exact) mass is 468 g/mol. The van der Waals surface area contributed by atoms with Gasteiger partial charge < -0.3 is 10.2 Å². The number of nitrogens with one attached hydrogen (secondary N) is 2. The summed E-state index contributed by atoms with van der Waals surface area (Å²) in [5.41, 5.74) is 3.12. The average molecular weight is 469 g/mol. The summed E-state index contributed by atoms with van der Waals surface area (Å²) in [7, 11) is 0. The molecule has 3 aromatic carbocycles.